The minimum absolute atomic E-state index is 0.765. The van der Waals surface area contributed by atoms with E-state index in [4.69, 9.17) is 4.74 Å². The highest BCUT2D eigenvalue weighted by Crippen LogP contribution is 2.11. The molecule has 1 aromatic carbocycles. The standard InChI is InChI=1S/C24H31NO/c1-3-5-7-8-9-19-26-24-18-17-23(25-20-24)16-15-22-13-11-21(12-14-22)10-6-4-2/h11-14,17-18,20H,3-10,19H2,1-2H3. The Morgan fingerprint density at radius 3 is 2.27 bits per heavy atom. The SMILES string of the molecule is CCCCCCCOc1ccc(C#Cc2ccc(CCCC)cc2)nc1. The number of unbranched alkanes of at least 4 members (excludes halogenated alkanes) is 5. The highest BCUT2D eigenvalue weighted by Gasteiger charge is 1.96. The summed E-state index contributed by atoms with van der Waals surface area (Å²) in [6, 6.07) is 12.4. The van der Waals surface area contributed by atoms with Gasteiger partial charge >= 0.3 is 0 Å². The lowest BCUT2D eigenvalue weighted by Gasteiger charge is -2.05. The Morgan fingerprint density at radius 1 is 0.808 bits per heavy atom. The van der Waals surface area contributed by atoms with E-state index in [1.165, 1.54) is 44.1 Å². The molecule has 0 N–H and O–H groups in total. The van der Waals surface area contributed by atoms with Crippen LogP contribution in [0.3, 0.4) is 0 Å². The average Bonchev–Trinajstić information content (AvgIpc) is 2.69. The average molecular weight is 350 g/mol. The molecule has 0 radical (unpaired) electrons. The molecule has 2 aromatic rings. The summed E-state index contributed by atoms with van der Waals surface area (Å²) in [4.78, 5) is 4.38. The summed E-state index contributed by atoms with van der Waals surface area (Å²) in [6.07, 6.45) is 11.6. The van der Waals surface area contributed by atoms with Crippen molar-refractivity contribution in [3.63, 3.8) is 0 Å². The van der Waals surface area contributed by atoms with Gasteiger partial charge in [0, 0.05) is 5.56 Å². The van der Waals surface area contributed by atoms with Gasteiger partial charge in [-0.1, -0.05) is 64.0 Å². The van der Waals surface area contributed by atoms with Crippen molar-refractivity contribution in [1.29, 1.82) is 0 Å². The zero-order valence-corrected chi connectivity index (χ0v) is 16.3. The molecule has 0 aliphatic rings. The maximum Gasteiger partial charge on any atom is 0.137 e. The third-order valence-corrected chi connectivity index (χ3v) is 4.36. The predicted octanol–water partition coefficient (Wildman–Crippen LogP) is 6.17. The van der Waals surface area contributed by atoms with Gasteiger partial charge in [-0.15, -0.1) is 0 Å². The van der Waals surface area contributed by atoms with E-state index >= 15 is 0 Å². The first-order chi connectivity index (χ1) is 12.8. The first kappa shape index (κ1) is 20.0. The summed E-state index contributed by atoms with van der Waals surface area (Å²) in [6.45, 7) is 5.22. The Balaban J connectivity index is 1.79. The number of aromatic nitrogens is 1. The lowest BCUT2D eigenvalue weighted by atomic mass is 10.1. The van der Waals surface area contributed by atoms with Gasteiger partial charge in [0.05, 0.1) is 12.8 Å². The first-order valence-electron chi connectivity index (χ1n) is 10.0. The van der Waals surface area contributed by atoms with Gasteiger partial charge in [0.1, 0.15) is 11.4 Å². The smallest absolute Gasteiger partial charge is 0.137 e. The third kappa shape index (κ3) is 7.74. The Kier molecular flexibility index (Phi) is 9.36. The molecule has 1 heterocycles. The zero-order valence-electron chi connectivity index (χ0n) is 16.3. The molecule has 0 amide bonds. The normalized spacial score (nSPS) is 10.2. The molecule has 138 valence electrons. The second kappa shape index (κ2) is 12.1. The monoisotopic (exact) mass is 349 g/mol. The Labute approximate surface area is 159 Å². The van der Waals surface area contributed by atoms with Gasteiger partial charge in [0.15, 0.2) is 0 Å². The highest BCUT2D eigenvalue weighted by molar-refractivity contribution is 5.41. The second-order valence-corrected chi connectivity index (χ2v) is 6.69. The van der Waals surface area contributed by atoms with Crippen molar-refractivity contribution in [3.05, 3.63) is 59.4 Å². The maximum atomic E-state index is 5.74. The predicted molar refractivity (Wildman–Crippen MR) is 110 cm³/mol. The molecular weight excluding hydrogens is 318 g/mol. The zero-order chi connectivity index (χ0) is 18.5. The van der Waals surface area contributed by atoms with Gasteiger partial charge < -0.3 is 4.74 Å². The van der Waals surface area contributed by atoms with Crippen LogP contribution in [0.5, 0.6) is 5.75 Å². The molecule has 0 aliphatic carbocycles. The number of benzene rings is 1. The van der Waals surface area contributed by atoms with Crippen molar-refractivity contribution in [2.24, 2.45) is 0 Å². The van der Waals surface area contributed by atoms with E-state index in [1.807, 2.05) is 12.1 Å². The van der Waals surface area contributed by atoms with Crippen LogP contribution >= 0.6 is 0 Å². The number of hydrogen-bond acceptors (Lipinski definition) is 2. The van der Waals surface area contributed by atoms with Gasteiger partial charge in [-0.2, -0.15) is 0 Å². The van der Waals surface area contributed by atoms with Gasteiger partial charge in [0.25, 0.3) is 0 Å². The number of ether oxygens (including phenoxy) is 1. The van der Waals surface area contributed by atoms with E-state index in [2.05, 4.69) is 54.9 Å². The van der Waals surface area contributed by atoms with Crippen molar-refractivity contribution in [3.8, 4) is 17.6 Å². The molecule has 2 heteroatoms. The summed E-state index contributed by atoms with van der Waals surface area (Å²) in [5.41, 5.74) is 3.18. The summed E-state index contributed by atoms with van der Waals surface area (Å²) in [5, 5.41) is 0. The molecule has 0 fully saturated rings. The second-order valence-electron chi connectivity index (χ2n) is 6.69. The molecule has 0 atom stereocenters. The van der Waals surface area contributed by atoms with Crippen LogP contribution in [0.1, 0.15) is 75.6 Å². The summed E-state index contributed by atoms with van der Waals surface area (Å²) in [7, 11) is 0. The van der Waals surface area contributed by atoms with Crippen molar-refractivity contribution in [2.75, 3.05) is 6.61 Å². The summed E-state index contributed by atoms with van der Waals surface area (Å²) < 4.78 is 5.74. The minimum Gasteiger partial charge on any atom is -0.492 e. The van der Waals surface area contributed by atoms with E-state index in [1.54, 1.807) is 6.20 Å². The molecule has 0 aliphatic heterocycles. The van der Waals surface area contributed by atoms with Crippen LogP contribution in [-0.4, -0.2) is 11.6 Å². The Hall–Kier alpha value is -2.27. The number of pyridine rings is 1. The van der Waals surface area contributed by atoms with Crippen LogP contribution in [0.4, 0.5) is 0 Å². The molecule has 0 saturated heterocycles. The maximum absolute atomic E-state index is 5.74. The molecular formula is C24H31NO. The van der Waals surface area contributed by atoms with Gasteiger partial charge in [-0.25, -0.2) is 4.98 Å². The molecule has 2 rings (SSSR count). The highest BCUT2D eigenvalue weighted by atomic mass is 16.5. The van der Waals surface area contributed by atoms with Crippen LogP contribution in [0.25, 0.3) is 0 Å². The van der Waals surface area contributed by atoms with Crippen molar-refractivity contribution < 1.29 is 4.74 Å². The van der Waals surface area contributed by atoms with Crippen LogP contribution in [0.15, 0.2) is 42.6 Å². The summed E-state index contributed by atoms with van der Waals surface area (Å²) >= 11 is 0. The minimum atomic E-state index is 0.765. The van der Waals surface area contributed by atoms with E-state index in [0.29, 0.717) is 0 Å². The molecule has 2 nitrogen and oxygen atoms in total. The van der Waals surface area contributed by atoms with E-state index in [-0.39, 0.29) is 0 Å². The Morgan fingerprint density at radius 2 is 1.58 bits per heavy atom. The summed E-state index contributed by atoms with van der Waals surface area (Å²) in [5.74, 6) is 7.13. The fourth-order valence-electron chi connectivity index (χ4n) is 2.71. The number of aryl methyl sites for hydroxylation is 1. The van der Waals surface area contributed by atoms with Gasteiger partial charge in [-0.3, -0.25) is 0 Å². The van der Waals surface area contributed by atoms with Gasteiger partial charge in [-0.05, 0) is 55.0 Å². The van der Waals surface area contributed by atoms with Crippen LogP contribution < -0.4 is 4.74 Å². The van der Waals surface area contributed by atoms with Crippen LogP contribution in [-0.2, 0) is 6.42 Å². The fraction of sp³-hybridized carbons (Fsp3) is 0.458. The fourth-order valence-corrected chi connectivity index (χ4v) is 2.71. The quantitative estimate of drug-likeness (QED) is 0.378. The topological polar surface area (TPSA) is 22.1 Å². The third-order valence-electron chi connectivity index (χ3n) is 4.36. The first-order valence-corrected chi connectivity index (χ1v) is 10.0. The number of hydrogen-bond donors (Lipinski definition) is 0. The number of rotatable bonds is 10. The van der Waals surface area contributed by atoms with E-state index in [0.717, 1.165) is 36.5 Å². The van der Waals surface area contributed by atoms with E-state index < -0.39 is 0 Å². The van der Waals surface area contributed by atoms with Crippen molar-refractivity contribution >= 4 is 0 Å². The Bertz CT molecular complexity index is 677. The largest absolute Gasteiger partial charge is 0.492 e. The molecule has 0 bridgehead atoms. The van der Waals surface area contributed by atoms with Crippen LogP contribution in [0.2, 0.25) is 0 Å². The molecule has 0 saturated carbocycles. The molecule has 26 heavy (non-hydrogen) atoms. The lowest BCUT2D eigenvalue weighted by Crippen LogP contribution is -1.98. The van der Waals surface area contributed by atoms with Crippen molar-refractivity contribution in [2.45, 2.75) is 65.2 Å². The van der Waals surface area contributed by atoms with Crippen molar-refractivity contribution in [1.82, 2.24) is 4.98 Å². The van der Waals surface area contributed by atoms with Gasteiger partial charge in [0.2, 0.25) is 0 Å². The van der Waals surface area contributed by atoms with E-state index in [9.17, 15) is 0 Å². The molecule has 1 aromatic heterocycles. The molecule has 0 unspecified atom stereocenters. The number of nitrogens with zero attached hydrogens (tertiary/aromatic N) is 1. The molecule has 0 spiro atoms. The lowest BCUT2D eigenvalue weighted by molar-refractivity contribution is 0.303. The van der Waals surface area contributed by atoms with Crippen LogP contribution in [0, 0.1) is 11.8 Å².